The Balaban J connectivity index is 2.10. The first-order valence-electron chi connectivity index (χ1n) is 6.11. The molecule has 0 radical (unpaired) electrons. The fraction of sp³-hybridized carbons (Fsp3) is 0.385. The zero-order chi connectivity index (χ0) is 12.8. The molecule has 2 N–H and O–H groups in total. The van der Waals surface area contributed by atoms with Crippen molar-refractivity contribution in [1.29, 1.82) is 0 Å². The lowest BCUT2D eigenvalue weighted by molar-refractivity contribution is 0.508. The summed E-state index contributed by atoms with van der Waals surface area (Å²) < 4.78 is 1.01. The third kappa shape index (κ3) is 3.65. The second kappa shape index (κ2) is 6.66. The van der Waals surface area contributed by atoms with E-state index in [0.29, 0.717) is 0 Å². The highest BCUT2D eigenvalue weighted by molar-refractivity contribution is 9.10. The molecule has 0 amide bonds. The van der Waals surface area contributed by atoms with Gasteiger partial charge in [-0.1, -0.05) is 6.92 Å². The molecule has 2 aromatic rings. The quantitative estimate of drug-likeness (QED) is 0.863. The van der Waals surface area contributed by atoms with Gasteiger partial charge in [0.15, 0.2) is 0 Å². The van der Waals surface area contributed by atoms with Gasteiger partial charge in [-0.2, -0.15) is 0 Å². The summed E-state index contributed by atoms with van der Waals surface area (Å²) in [4.78, 5) is 11.7. The van der Waals surface area contributed by atoms with Gasteiger partial charge in [0.1, 0.15) is 5.82 Å². The zero-order valence-corrected chi connectivity index (χ0v) is 11.9. The molecule has 5 heteroatoms. The van der Waals surface area contributed by atoms with Crippen molar-refractivity contribution < 1.29 is 0 Å². The number of nitrogens with one attached hydrogen (secondary N) is 2. The highest BCUT2D eigenvalue weighted by Gasteiger charge is 2.13. The minimum absolute atomic E-state index is 0.205. The maximum atomic E-state index is 4.34. The summed E-state index contributed by atoms with van der Waals surface area (Å²) in [6.45, 7) is 3.14. The first-order chi connectivity index (χ1) is 8.79. The topological polar surface area (TPSA) is 53.6 Å². The molecular formula is C13H17BrN4. The number of halogens is 1. The largest absolute Gasteiger partial charge is 0.347 e. The van der Waals surface area contributed by atoms with Gasteiger partial charge >= 0.3 is 0 Å². The van der Waals surface area contributed by atoms with Crippen LogP contribution in [0.3, 0.4) is 0 Å². The Morgan fingerprint density at radius 2 is 2.33 bits per heavy atom. The molecule has 1 atom stereocenters. The predicted octanol–water partition coefficient (Wildman–Crippen LogP) is 2.85. The molecule has 0 aliphatic carbocycles. The van der Waals surface area contributed by atoms with E-state index in [9.17, 15) is 0 Å². The van der Waals surface area contributed by atoms with Gasteiger partial charge in [-0.15, -0.1) is 0 Å². The van der Waals surface area contributed by atoms with Crippen molar-refractivity contribution in [2.24, 2.45) is 0 Å². The third-order valence-electron chi connectivity index (χ3n) is 2.69. The fourth-order valence-electron chi connectivity index (χ4n) is 1.86. The van der Waals surface area contributed by atoms with Crippen molar-refractivity contribution in [3.63, 3.8) is 0 Å². The van der Waals surface area contributed by atoms with Crippen LogP contribution in [0.15, 0.2) is 35.3 Å². The normalized spacial score (nSPS) is 12.6. The summed E-state index contributed by atoms with van der Waals surface area (Å²) in [6.07, 6.45) is 9.32. The molecule has 18 heavy (non-hydrogen) atoms. The Morgan fingerprint density at radius 3 is 3.00 bits per heavy atom. The molecule has 0 aliphatic heterocycles. The van der Waals surface area contributed by atoms with Crippen molar-refractivity contribution in [3.8, 4) is 0 Å². The molecule has 2 aromatic heterocycles. The molecule has 1 unspecified atom stereocenters. The Kier molecular flexibility index (Phi) is 4.90. The highest BCUT2D eigenvalue weighted by Crippen LogP contribution is 2.17. The lowest BCUT2D eigenvalue weighted by Crippen LogP contribution is -2.25. The van der Waals surface area contributed by atoms with Crippen molar-refractivity contribution in [2.75, 3.05) is 6.54 Å². The smallest absolute Gasteiger partial charge is 0.123 e. The molecule has 96 valence electrons. The summed E-state index contributed by atoms with van der Waals surface area (Å²) >= 11 is 3.45. The van der Waals surface area contributed by atoms with E-state index < -0.39 is 0 Å². The van der Waals surface area contributed by atoms with Crippen LogP contribution in [-0.4, -0.2) is 21.5 Å². The summed E-state index contributed by atoms with van der Waals surface area (Å²) in [5.74, 6) is 0.975. The minimum atomic E-state index is 0.205. The van der Waals surface area contributed by atoms with Crippen LogP contribution in [0, 0.1) is 0 Å². The molecule has 0 saturated carbocycles. The van der Waals surface area contributed by atoms with E-state index in [1.807, 2.05) is 12.4 Å². The van der Waals surface area contributed by atoms with E-state index in [2.05, 4.69) is 49.2 Å². The van der Waals surface area contributed by atoms with Crippen LogP contribution < -0.4 is 5.32 Å². The van der Waals surface area contributed by atoms with E-state index in [-0.39, 0.29) is 6.04 Å². The SMILES string of the molecule is CCCNC(Cc1cncc(Br)c1)c1ncc[nH]1. The van der Waals surface area contributed by atoms with E-state index in [0.717, 1.165) is 29.7 Å². The molecule has 0 saturated heterocycles. The molecule has 0 aliphatic rings. The maximum Gasteiger partial charge on any atom is 0.123 e. The number of aromatic nitrogens is 3. The Morgan fingerprint density at radius 1 is 1.44 bits per heavy atom. The second-order valence-corrected chi connectivity index (χ2v) is 5.11. The number of pyridine rings is 1. The van der Waals surface area contributed by atoms with Gasteiger partial charge in [-0.25, -0.2) is 4.98 Å². The van der Waals surface area contributed by atoms with Crippen LogP contribution in [0.2, 0.25) is 0 Å². The van der Waals surface area contributed by atoms with Gasteiger partial charge in [-0.05, 0) is 46.9 Å². The molecule has 0 aromatic carbocycles. The Hall–Kier alpha value is -1.20. The third-order valence-corrected chi connectivity index (χ3v) is 3.13. The zero-order valence-electron chi connectivity index (χ0n) is 10.4. The number of hydrogen-bond acceptors (Lipinski definition) is 3. The summed E-state index contributed by atoms with van der Waals surface area (Å²) in [5, 5.41) is 3.50. The lowest BCUT2D eigenvalue weighted by Gasteiger charge is -2.16. The number of H-pyrrole nitrogens is 1. The summed E-state index contributed by atoms with van der Waals surface area (Å²) in [5.41, 5.74) is 1.19. The van der Waals surface area contributed by atoms with Gasteiger partial charge in [0.25, 0.3) is 0 Å². The van der Waals surface area contributed by atoms with Gasteiger partial charge < -0.3 is 10.3 Å². The van der Waals surface area contributed by atoms with Crippen LogP contribution in [-0.2, 0) is 6.42 Å². The van der Waals surface area contributed by atoms with Gasteiger partial charge in [0, 0.05) is 29.3 Å². The summed E-state index contributed by atoms with van der Waals surface area (Å²) in [6, 6.07) is 2.30. The molecule has 0 spiro atoms. The van der Waals surface area contributed by atoms with Crippen LogP contribution in [0.25, 0.3) is 0 Å². The van der Waals surface area contributed by atoms with E-state index in [1.165, 1.54) is 5.56 Å². The number of imidazole rings is 1. The van der Waals surface area contributed by atoms with Crippen molar-refractivity contribution >= 4 is 15.9 Å². The average Bonchev–Trinajstić information content (AvgIpc) is 2.88. The van der Waals surface area contributed by atoms with Crippen LogP contribution >= 0.6 is 15.9 Å². The molecule has 4 nitrogen and oxygen atoms in total. The molecule has 2 rings (SSSR count). The number of rotatable bonds is 6. The van der Waals surface area contributed by atoms with E-state index in [1.54, 1.807) is 12.4 Å². The number of aromatic amines is 1. The molecule has 0 bridgehead atoms. The lowest BCUT2D eigenvalue weighted by atomic mass is 10.1. The van der Waals surface area contributed by atoms with E-state index >= 15 is 0 Å². The number of hydrogen-bond donors (Lipinski definition) is 2. The first kappa shape index (κ1) is 13.2. The van der Waals surface area contributed by atoms with Gasteiger partial charge in [0.05, 0.1) is 6.04 Å². The average molecular weight is 309 g/mol. The van der Waals surface area contributed by atoms with Crippen molar-refractivity contribution in [3.05, 3.63) is 46.7 Å². The predicted molar refractivity (Wildman–Crippen MR) is 75.3 cm³/mol. The standard InChI is InChI=1S/C13H17BrN4/c1-2-3-16-12(13-17-4-5-18-13)7-10-6-11(14)9-15-8-10/h4-6,8-9,12,16H,2-3,7H2,1H3,(H,17,18). The van der Waals surface area contributed by atoms with Gasteiger partial charge in [0.2, 0.25) is 0 Å². The molecular weight excluding hydrogens is 292 g/mol. The second-order valence-electron chi connectivity index (χ2n) is 4.20. The van der Waals surface area contributed by atoms with Crippen LogP contribution in [0.1, 0.15) is 30.8 Å². The van der Waals surface area contributed by atoms with Crippen molar-refractivity contribution in [1.82, 2.24) is 20.3 Å². The van der Waals surface area contributed by atoms with Crippen LogP contribution in [0.4, 0.5) is 0 Å². The molecule has 0 fully saturated rings. The maximum absolute atomic E-state index is 4.34. The monoisotopic (exact) mass is 308 g/mol. The number of nitrogens with zero attached hydrogens (tertiary/aromatic N) is 2. The molecule has 2 heterocycles. The Bertz CT molecular complexity index is 470. The first-order valence-corrected chi connectivity index (χ1v) is 6.91. The minimum Gasteiger partial charge on any atom is -0.347 e. The van der Waals surface area contributed by atoms with E-state index in [4.69, 9.17) is 0 Å². The fourth-order valence-corrected chi connectivity index (χ4v) is 2.27. The van der Waals surface area contributed by atoms with Gasteiger partial charge in [-0.3, -0.25) is 4.98 Å². The van der Waals surface area contributed by atoms with Crippen molar-refractivity contribution in [2.45, 2.75) is 25.8 Å². The highest BCUT2D eigenvalue weighted by atomic mass is 79.9. The summed E-state index contributed by atoms with van der Waals surface area (Å²) in [7, 11) is 0. The Labute approximate surface area is 115 Å². The van der Waals surface area contributed by atoms with Crippen LogP contribution in [0.5, 0.6) is 0 Å².